The van der Waals surface area contributed by atoms with Crippen LogP contribution in [0, 0.1) is 10.9 Å². The number of aliphatic hydroxyl groups excluding tert-OH is 1. The zero-order valence-corrected chi connectivity index (χ0v) is 12.9. The lowest BCUT2D eigenvalue weighted by Gasteiger charge is -2.25. The first-order chi connectivity index (χ1) is 8.97. The van der Waals surface area contributed by atoms with Crippen LogP contribution in [0.2, 0.25) is 0 Å². The molecule has 1 aromatic heterocycles. The van der Waals surface area contributed by atoms with Crippen molar-refractivity contribution in [3.63, 3.8) is 0 Å². The molecule has 2 rings (SSSR count). The summed E-state index contributed by atoms with van der Waals surface area (Å²) in [6, 6.07) is 0.194. The number of H-pyrrole nitrogens is 1. The van der Waals surface area contributed by atoms with Crippen molar-refractivity contribution in [2.75, 3.05) is 6.54 Å². The number of nitrogens with zero attached hydrogens (tertiary/aromatic N) is 1. The van der Waals surface area contributed by atoms with Gasteiger partial charge in [0.25, 0.3) is 0 Å². The van der Waals surface area contributed by atoms with Gasteiger partial charge in [0, 0.05) is 23.2 Å². The molecule has 106 valence electrons. The van der Waals surface area contributed by atoms with Gasteiger partial charge in [0.2, 0.25) is 5.91 Å². The van der Waals surface area contributed by atoms with E-state index in [-0.39, 0.29) is 18.1 Å². The number of thiazole rings is 1. The minimum absolute atomic E-state index is 0.150. The van der Waals surface area contributed by atoms with E-state index >= 15 is 0 Å². The van der Waals surface area contributed by atoms with Crippen LogP contribution in [0.1, 0.15) is 36.8 Å². The van der Waals surface area contributed by atoms with E-state index in [0.29, 0.717) is 12.8 Å². The fraction of sp³-hybridized carbons (Fsp3) is 0.692. The molecule has 2 heterocycles. The average Bonchev–Trinajstić information content (AvgIpc) is 2.85. The molecule has 1 aliphatic rings. The Kier molecular flexibility index (Phi) is 4.76. The number of rotatable bonds is 4. The van der Waals surface area contributed by atoms with Gasteiger partial charge >= 0.3 is 0 Å². The number of nitrogens with one attached hydrogen (secondary N) is 1. The molecule has 2 N–H and O–H groups in total. The molecule has 0 spiro atoms. The van der Waals surface area contributed by atoms with E-state index in [2.05, 4.69) is 4.98 Å². The zero-order chi connectivity index (χ0) is 14.0. The summed E-state index contributed by atoms with van der Waals surface area (Å²) >= 11 is 6.57. The maximum atomic E-state index is 12.4. The van der Waals surface area contributed by atoms with Crippen molar-refractivity contribution < 1.29 is 9.90 Å². The molecular weight excluding hydrogens is 280 g/mol. The first-order valence-corrected chi connectivity index (χ1v) is 7.86. The van der Waals surface area contributed by atoms with Crippen molar-refractivity contribution in [3.8, 4) is 0 Å². The maximum Gasteiger partial charge on any atom is 0.228 e. The second kappa shape index (κ2) is 6.15. The second-order valence-corrected chi connectivity index (χ2v) is 6.98. The molecule has 2 unspecified atom stereocenters. The Morgan fingerprint density at radius 2 is 2.42 bits per heavy atom. The Morgan fingerprint density at radius 3 is 3.00 bits per heavy atom. The lowest BCUT2D eigenvalue weighted by Crippen LogP contribution is -2.38. The Hall–Kier alpha value is -0.720. The molecule has 0 bridgehead atoms. The third-order valence-electron chi connectivity index (χ3n) is 3.55. The van der Waals surface area contributed by atoms with Gasteiger partial charge in [0.05, 0.1) is 12.5 Å². The van der Waals surface area contributed by atoms with E-state index in [4.69, 9.17) is 12.2 Å². The summed E-state index contributed by atoms with van der Waals surface area (Å²) in [4.78, 5) is 18.4. The number of likely N-dealkylation sites (tertiary alicyclic amines) is 1. The number of hydrogen-bond acceptors (Lipinski definition) is 4. The minimum atomic E-state index is -0.352. The van der Waals surface area contributed by atoms with E-state index < -0.39 is 0 Å². The van der Waals surface area contributed by atoms with E-state index in [9.17, 15) is 9.90 Å². The molecule has 1 saturated heterocycles. The highest BCUT2D eigenvalue weighted by Crippen LogP contribution is 2.24. The number of aromatic nitrogens is 1. The molecule has 1 aromatic rings. The predicted octanol–water partition coefficient (Wildman–Crippen LogP) is 2.42. The summed E-state index contributed by atoms with van der Waals surface area (Å²) in [5.41, 5.74) is 0.995. The minimum Gasteiger partial charge on any atom is -0.393 e. The standard InChI is InChI=1S/C13H20N2O2S2/c1-8(16)6-10-4-3-5-15(10)12(17)7-11-9(2)14-13(18)19-11/h8,10,16H,3-7H2,1-2H3,(H,14,18). The predicted molar refractivity (Wildman–Crippen MR) is 79.0 cm³/mol. The first kappa shape index (κ1) is 14.7. The fourth-order valence-electron chi connectivity index (χ4n) is 2.65. The first-order valence-electron chi connectivity index (χ1n) is 6.63. The van der Waals surface area contributed by atoms with Gasteiger partial charge in [0.1, 0.15) is 0 Å². The van der Waals surface area contributed by atoms with Crippen LogP contribution in [-0.2, 0) is 11.2 Å². The van der Waals surface area contributed by atoms with Gasteiger partial charge in [-0.25, -0.2) is 0 Å². The van der Waals surface area contributed by atoms with Crippen LogP contribution in [-0.4, -0.2) is 39.6 Å². The largest absolute Gasteiger partial charge is 0.393 e. The van der Waals surface area contributed by atoms with E-state index in [1.165, 1.54) is 11.3 Å². The molecule has 4 nitrogen and oxygen atoms in total. The summed E-state index contributed by atoms with van der Waals surface area (Å²) in [5.74, 6) is 0.150. The van der Waals surface area contributed by atoms with Gasteiger partial charge in [0.15, 0.2) is 3.95 Å². The van der Waals surface area contributed by atoms with Crippen LogP contribution < -0.4 is 0 Å². The zero-order valence-electron chi connectivity index (χ0n) is 11.3. The van der Waals surface area contributed by atoms with Crippen molar-refractivity contribution in [3.05, 3.63) is 14.5 Å². The number of carbonyl (C=O) groups excluding carboxylic acids is 1. The molecule has 6 heteroatoms. The highest BCUT2D eigenvalue weighted by atomic mass is 32.1. The summed E-state index contributed by atoms with van der Waals surface area (Å²) in [6.45, 7) is 4.54. The highest BCUT2D eigenvalue weighted by molar-refractivity contribution is 7.73. The molecule has 0 aliphatic carbocycles. The number of hydrogen-bond donors (Lipinski definition) is 2. The summed E-state index contributed by atoms with van der Waals surface area (Å²) in [5, 5.41) is 9.49. The van der Waals surface area contributed by atoms with Crippen LogP contribution in [0.15, 0.2) is 0 Å². The third-order valence-corrected chi connectivity index (χ3v) is 4.88. The third kappa shape index (κ3) is 3.64. The van der Waals surface area contributed by atoms with E-state index in [0.717, 1.165) is 33.9 Å². The lowest BCUT2D eigenvalue weighted by molar-refractivity contribution is -0.131. The molecule has 1 aliphatic heterocycles. The summed E-state index contributed by atoms with van der Waals surface area (Å²) < 4.78 is 0.724. The molecule has 1 amide bonds. The monoisotopic (exact) mass is 300 g/mol. The Labute approximate surface area is 122 Å². The summed E-state index contributed by atoms with van der Waals surface area (Å²) in [7, 11) is 0. The Morgan fingerprint density at radius 1 is 1.68 bits per heavy atom. The maximum absolute atomic E-state index is 12.4. The Balaban J connectivity index is 2.03. The van der Waals surface area contributed by atoms with Gasteiger partial charge in [-0.3, -0.25) is 4.79 Å². The summed E-state index contributed by atoms with van der Waals surface area (Å²) in [6.07, 6.45) is 2.77. The van der Waals surface area contributed by atoms with Crippen molar-refractivity contribution in [2.24, 2.45) is 0 Å². The molecule has 0 radical (unpaired) electrons. The van der Waals surface area contributed by atoms with Crippen LogP contribution in [0.3, 0.4) is 0 Å². The van der Waals surface area contributed by atoms with Gasteiger partial charge in [-0.1, -0.05) is 0 Å². The van der Waals surface area contributed by atoms with Crippen molar-refractivity contribution in [2.45, 2.75) is 51.7 Å². The number of aliphatic hydroxyl groups is 1. The Bertz CT molecular complexity index is 507. The molecule has 1 fully saturated rings. The fourth-order valence-corrected chi connectivity index (χ4v) is 3.93. The SMILES string of the molecule is Cc1[nH]c(=S)sc1CC(=O)N1CCCC1CC(C)O. The number of amides is 1. The van der Waals surface area contributed by atoms with E-state index in [1.54, 1.807) is 6.92 Å². The smallest absolute Gasteiger partial charge is 0.228 e. The van der Waals surface area contributed by atoms with Gasteiger partial charge in [-0.15, -0.1) is 11.3 Å². The van der Waals surface area contributed by atoms with Gasteiger partial charge in [-0.2, -0.15) is 0 Å². The van der Waals surface area contributed by atoms with Crippen LogP contribution >= 0.6 is 23.6 Å². The van der Waals surface area contributed by atoms with Crippen molar-refractivity contribution in [1.29, 1.82) is 0 Å². The lowest BCUT2D eigenvalue weighted by atomic mass is 10.1. The highest BCUT2D eigenvalue weighted by Gasteiger charge is 2.29. The normalized spacial score (nSPS) is 20.8. The van der Waals surface area contributed by atoms with Crippen molar-refractivity contribution >= 4 is 29.5 Å². The molecule has 2 atom stereocenters. The van der Waals surface area contributed by atoms with Crippen molar-refractivity contribution in [1.82, 2.24) is 9.88 Å². The average molecular weight is 300 g/mol. The molecule has 0 saturated carbocycles. The second-order valence-electron chi connectivity index (χ2n) is 5.21. The van der Waals surface area contributed by atoms with E-state index in [1.807, 2.05) is 11.8 Å². The van der Waals surface area contributed by atoms with Gasteiger partial charge < -0.3 is 15.0 Å². The molecule has 0 aromatic carbocycles. The topological polar surface area (TPSA) is 56.3 Å². The van der Waals surface area contributed by atoms with Crippen LogP contribution in [0.5, 0.6) is 0 Å². The quantitative estimate of drug-likeness (QED) is 0.840. The van der Waals surface area contributed by atoms with Gasteiger partial charge in [-0.05, 0) is 45.3 Å². The van der Waals surface area contributed by atoms with Crippen LogP contribution in [0.25, 0.3) is 0 Å². The molecule has 19 heavy (non-hydrogen) atoms. The van der Waals surface area contributed by atoms with Crippen LogP contribution in [0.4, 0.5) is 0 Å². The number of aryl methyl sites for hydroxylation is 1. The molecular formula is C13H20N2O2S2. The number of aromatic amines is 1. The number of carbonyl (C=O) groups is 1.